The molecule has 1 aromatic rings. The van der Waals surface area contributed by atoms with Crippen molar-refractivity contribution in [2.75, 3.05) is 37.6 Å². The molecule has 1 unspecified atom stereocenters. The summed E-state index contributed by atoms with van der Waals surface area (Å²) in [4.78, 5) is 27.6. The molecule has 0 radical (unpaired) electrons. The van der Waals surface area contributed by atoms with Crippen molar-refractivity contribution in [2.45, 2.75) is 32.2 Å². The van der Waals surface area contributed by atoms with Gasteiger partial charge in [-0.3, -0.25) is 14.5 Å². The first-order valence-corrected chi connectivity index (χ1v) is 9.32. The number of ketones is 1. The number of halogens is 1. The highest BCUT2D eigenvalue weighted by molar-refractivity contribution is 5.94. The Hall–Kier alpha value is -2.46. The van der Waals surface area contributed by atoms with Crippen molar-refractivity contribution in [3.8, 4) is 6.07 Å². The molecular formula is C20H25FN4O2. The van der Waals surface area contributed by atoms with Gasteiger partial charge in [-0.15, -0.1) is 0 Å². The second kappa shape index (κ2) is 7.65. The number of nitrogens with one attached hydrogen (secondary N) is 1. The number of Topliss-reactive ketones (excluding diaryl/α,β-unsaturated/α-hetero) is 1. The number of carbonyl (C=O) groups excluding carboxylic acids is 2. The van der Waals surface area contributed by atoms with E-state index in [0.717, 1.165) is 12.8 Å². The maximum absolute atomic E-state index is 14.3. The van der Waals surface area contributed by atoms with Crippen LogP contribution in [0.2, 0.25) is 0 Å². The zero-order chi connectivity index (χ0) is 19.6. The summed E-state index contributed by atoms with van der Waals surface area (Å²) in [5, 5.41) is 12.2. The van der Waals surface area contributed by atoms with Gasteiger partial charge in [0.1, 0.15) is 11.4 Å². The third-order valence-electron chi connectivity index (χ3n) is 5.46. The van der Waals surface area contributed by atoms with Gasteiger partial charge in [0.05, 0.1) is 18.3 Å². The summed E-state index contributed by atoms with van der Waals surface area (Å²) in [6.07, 6.45) is 1.97. The number of benzene rings is 1. The molecule has 0 spiro atoms. The van der Waals surface area contributed by atoms with Crippen LogP contribution in [0, 0.1) is 23.1 Å². The van der Waals surface area contributed by atoms with E-state index in [1.165, 1.54) is 13.0 Å². The standard InChI is InChI=1S/C20H25FN4O2/c1-14(26)15-3-6-18(17(21)11-15)25-9-7-24(8-10-25)12-19(27)23-20(2,13-22)16-4-5-16/h3,6,11,16H,4-5,7-10,12H2,1-2H3,(H,23,27). The fraction of sp³-hybridized carbons (Fsp3) is 0.550. The van der Waals surface area contributed by atoms with Gasteiger partial charge in [-0.2, -0.15) is 5.26 Å². The maximum atomic E-state index is 14.3. The lowest BCUT2D eigenvalue weighted by Crippen LogP contribution is -2.53. The Kier molecular flexibility index (Phi) is 5.47. The normalized spacial score (nSPS) is 19.9. The molecule has 1 aliphatic heterocycles. The summed E-state index contributed by atoms with van der Waals surface area (Å²) >= 11 is 0. The number of hydrogen-bond acceptors (Lipinski definition) is 5. The Morgan fingerprint density at radius 1 is 1.30 bits per heavy atom. The van der Waals surface area contributed by atoms with E-state index in [1.807, 2.05) is 9.80 Å². The lowest BCUT2D eigenvalue weighted by atomic mass is 9.98. The fourth-order valence-electron chi connectivity index (χ4n) is 3.54. The maximum Gasteiger partial charge on any atom is 0.235 e. The first-order chi connectivity index (χ1) is 12.8. The first-order valence-electron chi connectivity index (χ1n) is 9.32. The predicted octanol–water partition coefficient (Wildman–Crippen LogP) is 1.96. The average molecular weight is 372 g/mol. The van der Waals surface area contributed by atoms with E-state index in [2.05, 4.69) is 11.4 Å². The average Bonchev–Trinajstić information content (AvgIpc) is 3.48. The van der Waals surface area contributed by atoms with Crippen molar-refractivity contribution in [1.29, 1.82) is 5.26 Å². The van der Waals surface area contributed by atoms with Gasteiger partial charge in [0.2, 0.25) is 5.91 Å². The molecule has 0 aromatic heterocycles. The largest absolute Gasteiger partial charge is 0.367 e. The molecule has 1 amide bonds. The minimum absolute atomic E-state index is 0.142. The number of anilines is 1. The van der Waals surface area contributed by atoms with Crippen LogP contribution in [0.3, 0.4) is 0 Å². The van der Waals surface area contributed by atoms with Crippen LogP contribution in [0.4, 0.5) is 10.1 Å². The lowest BCUT2D eigenvalue weighted by molar-refractivity contribution is -0.123. The molecule has 1 saturated carbocycles. The van der Waals surface area contributed by atoms with Gasteiger partial charge >= 0.3 is 0 Å². The molecule has 1 heterocycles. The molecule has 1 aromatic carbocycles. The number of hydrogen-bond donors (Lipinski definition) is 1. The van der Waals surface area contributed by atoms with Crippen LogP contribution >= 0.6 is 0 Å². The minimum Gasteiger partial charge on any atom is -0.367 e. The quantitative estimate of drug-likeness (QED) is 0.773. The summed E-state index contributed by atoms with van der Waals surface area (Å²) in [7, 11) is 0. The van der Waals surface area contributed by atoms with E-state index in [9.17, 15) is 19.2 Å². The van der Waals surface area contributed by atoms with Crippen LogP contribution in [0.1, 0.15) is 37.0 Å². The Morgan fingerprint density at radius 3 is 2.48 bits per heavy atom. The van der Waals surface area contributed by atoms with Crippen LogP contribution < -0.4 is 10.2 Å². The van der Waals surface area contributed by atoms with Gasteiger partial charge in [0.15, 0.2) is 5.78 Å². The van der Waals surface area contributed by atoms with E-state index < -0.39 is 11.4 Å². The van der Waals surface area contributed by atoms with Gasteiger partial charge in [0.25, 0.3) is 0 Å². The number of nitriles is 1. The van der Waals surface area contributed by atoms with Crippen LogP contribution in [-0.4, -0.2) is 54.9 Å². The van der Waals surface area contributed by atoms with E-state index in [1.54, 1.807) is 19.1 Å². The van der Waals surface area contributed by atoms with Crippen molar-refractivity contribution in [3.63, 3.8) is 0 Å². The molecule has 6 nitrogen and oxygen atoms in total. The summed E-state index contributed by atoms with van der Waals surface area (Å²) in [6.45, 7) is 5.90. The Bertz CT molecular complexity index is 779. The third kappa shape index (κ3) is 4.45. The third-order valence-corrected chi connectivity index (χ3v) is 5.46. The summed E-state index contributed by atoms with van der Waals surface area (Å²) in [6, 6.07) is 6.79. The second-order valence-corrected chi connectivity index (χ2v) is 7.62. The molecule has 144 valence electrons. The SMILES string of the molecule is CC(=O)c1ccc(N2CCN(CC(=O)NC(C)(C#N)C3CC3)CC2)c(F)c1. The van der Waals surface area contributed by atoms with Crippen LogP contribution in [0.25, 0.3) is 0 Å². The number of nitrogens with zero attached hydrogens (tertiary/aromatic N) is 3. The van der Waals surface area contributed by atoms with Crippen LogP contribution in [0.15, 0.2) is 18.2 Å². The van der Waals surface area contributed by atoms with Gasteiger partial charge < -0.3 is 10.2 Å². The second-order valence-electron chi connectivity index (χ2n) is 7.62. The summed E-state index contributed by atoms with van der Waals surface area (Å²) < 4.78 is 14.3. The Labute approximate surface area is 158 Å². The van der Waals surface area contributed by atoms with E-state index >= 15 is 0 Å². The molecule has 0 bridgehead atoms. The Balaban J connectivity index is 1.52. The molecule has 3 rings (SSSR count). The van der Waals surface area contributed by atoms with Crippen LogP contribution in [0.5, 0.6) is 0 Å². The Morgan fingerprint density at radius 2 is 1.96 bits per heavy atom. The fourth-order valence-corrected chi connectivity index (χ4v) is 3.54. The molecule has 1 N–H and O–H groups in total. The zero-order valence-electron chi connectivity index (χ0n) is 15.8. The predicted molar refractivity (Wildman–Crippen MR) is 99.9 cm³/mol. The van der Waals surface area contributed by atoms with Crippen molar-refractivity contribution in [3.05, 3.63) is 29.6 Å². The number of amides is 1. The van der Waals surface area contributed by atoms with Gasteiger partial charge in [0, 0.05) is 31.7 Å². The molecule has 27 heavy (non-hydrogen) atoms. The molecule has 2 aliphatic rings. The van der Waals surface area contributed by atoms with Crippen molar-refractivity contribution < 1.29 is 14.0 Å². The molecule has 7 heteroatoms. The van der Waals surface area contributed by atoms with E-state index in [4.69, 9.17) is 0 Å². The lowest BCUT2D eigenvalue weighted by Gasteiger charge is -2.36. The minimum atomic E-state index is -0.777. The summed E-state index contributed by atoms with van der Waals surface area (Å²) in [5.41, 5.74) is 0.0678. The van der Waals surface area contributed by atoms with Crippen LogP contribution in [-0.2, 0) is 4.79 Å². The van der Waals surface area contributed by atoms with Gasteiger partial charge in [-0.25, -0.2) is 4.39 Å². The highest BCUT2D eigenvalue weighted by atomic mass is 19.1. The molecular weight excluding hydrogens is 347 g/mol. The molecule has 1 saturated heterocycles. The van der Waals surface area contributed by atoms with Crippen molar-refractivity contribution in [2.24, 2.45) is 5.92 Å². The zero-order valence-corrected chi connectivity index (χ0v) is 15.8. The topological polar surface area (TPSA) is 76.4 Å². The molecule has 1 atom stereocenters. The van der Waals surface area contributed by atoms with Crippen molar-refractivity contribution >= 4 is 17.4 Å². The monoisotopic (exact) mass is 372 g/mol. The molecule has 2 fully saturated rings. The van der Waals surface area contributed by atoms with Crippen molar-refractivity contribution in [1.82, 2.24) is 10.2 Å². The smallest absolute Gasteiger partial charge is 0.235 e. The summed E-state index contributed by atoms with van der Waals surface area (Å²) in [5.74, 6) is -0.449. The van der Waals surface area contributed by atoms with Gasteiger partial charge in [-0.05, 0) is 50.8 Å². The highest BCUT2D eigenvalue weighted by Crippen LogP contribution is 2.39. The number of piperazine rings is 1. The number of rotatable bonds is 6. The van der Waals surface area contributed by atoms with E-state index in [0.29, 0.717) is 37.4 Å². The van der Waals surface area contributed by atoms with E-state index in [-0.39, 0.29) is 24.2 Å². The number of carbonyl (C=O) groups is 2. The molecule has 1 aliphatic carbocycles. The highest BCUT2D eigenvalue weighted by Gasteiger charge is 2.43. The first kappa shape index (κ1) is 19.3. The van der Waals surface area contributed by atoms with Gasteiger partial charge in [-0.1, -0.05) is 0 Å².